The van der Waals surface area contributed by atoms with Crippen molar-refractivity contribution in [1.29, 1.82) is 0 Å². The van der Waals surface area contributed by atoms with Crippen LogP contribution in [-0.4, -0.2) is 31.1 Å². The van der Waals surface area contributed by atoms with Crippen LogP contribution in [0.4, 0.5) is 0 Å². The van der Waals surface area contributed by atoms with E-state index in [4.69, 9.17) is 0 Å². The topological polar surface area (TPSA) is 85.6 Å². The zero-order valence-corrected chi connectivity index (χ0v) is 12.9. The third-order valence-electron chi connectivity index (χ3n) is 3.90. The van der Waals surface area contributed by atoms with E-state index in [2.05, 4.69) is 25.8 Å². The number of aryl methyl sites for hydroxylation is 3. The third-order valence-corrected chi connectivity index (χ3v) is 3.90. The van der Waals surface area contributed by atoms with E-state index in [1.165, 1.54) is 0 Å². The molecule has 0 aromatic carbocycles. The van der Waals surface area contributed by atoms with E-state index in [1.807, 2.05) is 32.0 Å². The van der Waals surface area contributed by atoms with Crippen LogP contribution in [-0.2, 0) is 11.3 Å². The summed E-state index contributed by atoms with van der Waals surface area (Å²) < 4.78 is 1.64. The van der Waals surface area contributed by atoms with Crippen LogP contribution in [0.15, 0.2) is 18.2 Å². The molecule has 0 radical (unpaired) electrons. The van der Waals surface area contributed by atoms with Crippen LogP contribution < -0.4 is 5.32 Å². The molecule has 1 unspecified atom stereocenters. The summed E-state index contributed by atoms with van der Waals surface area (Å²) in [5.74, 6) is 1.23. The van der Waals surface area contributed by atoms with Gasteiger partial charge in [0.25, 0.3) is 0 Å². The Balaban J connectivity index is 1.61. The Hall–Kier alpha value is -2.31. The Kier molecular flexibility index (Phi) is 4.13. The van der Waals surface area contributed by atoms with Gasteiger partial charge in [-0.2, -0.15) is 0 Å². The smallest absolute Gasteiger partial charge is 0.222 e. The van der Waals surface area contributed by atoms with Crippen molar-refractivity contribution in [1.82, 2.24) is 30.5 Å². The molecule has 7 nitrogen and oxygen atoms in total. The van der Waals surface area contributed by atoms with Gasteiger partial charge in [0.1, 0.15) is 5.82 Å². The number of amides is 1. The summed E-state index contributed by atoms with van der Waals surface area (Å²) in [7, 11) is 0. The molecule has 2 aromatic rings. The van der Waals surface area contributed by atoms with E-state index in [0.717, 1.165) is 24.2 Å². The Labute approximate surface area is 129 Å². The predicted molar refractivity (Wildman–Crippen MR) is 79.8 cm³/mol. The number of pyridine rings is 1. The van der Waals surface area contributed by atoms with Crippen molar-refractivity contribution in [3.05, 3.63) is 35.4 Å². The average Bonchev–Trinajstić information content (AvgIpc) is 3.25. The number of carbonyl (C=O) groups excluding carboxylic acids is 1. The van der Waals surface area contributed by atoms with Crippen molar-refractivity contribution < 1.29 is 4.79 Å². The SMILES string of the molecule is Cc1cccc(C(NC(=O)CCn2nnnc2C)C2CC2)n1. The lowest BCUT2D eigenvalue weighted by Crippen LogP contribution is -2.31. The second-order valence-electron chi connectivity index (χ2n) is 5.79. The molecule has 1 saturated carbocycles. The standard InChI is InChI=1S/C15H20N6O/c1-10-4-3-5-13(16-10)15(12-6-7-12)17-14(22)8-9-21-11(2)18-19-20-21/h3-5,12,15H,6-9H2,1-2H3,(H,17,22). The molecule has 2 aromatic heterocycles. The molecule has 0 spiro atoms. The lowest BCUT2D eigenvalue weighted by Gasteiger charge is -2.18. The molecule has 0 bridgehead atoms. The quantitative estimate of drug-likeness (QED) is 0.870. The van der Waals surface area contributed by atoms with Crippen LogP contribution in [0.25, 0.3) is 0 Å². The van der Waals surface area contributed by atoms with E-state index in [1.54, 1.807) is 4.68 Å². The number of rotatable bonds is 6. The number of nitrogens with zero attached hydrogens (tertiary/aromatic N) is 5. The van der Waals surface area contributed by atoms with Crippen molar-refractivity contribution in [2.45, 2.75) is 45.7 Å². The van der Waals surface area contributed by atoms with Crippen LogP contribution in [0.1, 0.15) is 42.5 Å². The number of carbonyl (C=O) groups is 1. The van der Waals surface area contributed by atoms with Crippen molar-refractivity contribution in [2.24, 2.45) is 5.92 Å². The van der Waals surface area contributed by atoms with Gasteiger partial charge >= 0.3 is 0 Å². The number of hydrogen-bond donors (Lipinski definition) is 1. The van der Waals surface area contributed by atoms with Gasteiger partial charge in [0.15, 0.2) is 0 Å². The van der Waals surface area contributed by atoms with Gasteiger partial charge in [-0.25, -0.2) is 4.68 Å². The third kappa shape index (κ3) is 3.47. The Morgan fingerprint density at radius 2 is 2.23 bits per heavy atom. The van der Waals surface area contributed by atoms with Crippen LogP contribution >= 0.6 is 0 Å². The highest BCUT2D eigenvalue weighted by Gasteiger charge is 2.34. The fourth-order valence-electron chi connectivity index (χ4n) is 2.51. The van der Waals surface area contributed by atoms with Crippen LogP contribution in [0.2, 0.25) is 0 Å². The molecule has 1 amide bonds. The molecule has 116 valence electrons. The molecule has 0 aliphatic heterocycles. The number of tetrazole rings is 1. The Morgan fingerprint density at radius 1 is 1.41 bits per heavy atom. The zero-order chi connectivity index (χ0) is 15.5. The molecule has 1 fully saturated rings. The van der Waals surface area contributed by atoms with Crippen molar-refractivity contribution in [2.75, 3.05) is 0 Å². The number of nitrogens with one attached hydrogen (secondary N) is 1. The van der Waals surface area contributed by atoms with Gasteiger partial charge in [-0.05, 0) is 55.2 Å². The highest BCUT2D eigenvalue weighted by molar-refractivity contribution is 5.76. The van der Waals surface area contributed by atoms with Gasteiger partial charge in [-0.15, -0.1) is 5.10 Å². The molecule has 7 heteroatoms. The Morgan fingerprint density at radius 3 is 2.86 bits per heavy atom. The first kappa shape index (κ1) is 14.6. The Bertz CT molecular complexity index is 664. The van der Waals surface area contributed by atoms with Gasteiger partial charge in [0.2, 0.25) is 5.91 Å². The van der Waals surface area contributed by atoms with Gasteiger partial charge < -0.3 is 5.32 Å². The summed E-state index contributed by atoms with van der Waals surface area (Å²) in [4.78, 5) is 16.8. The summed E-state index contributed by atoms with van der Waals surface area (Å²) in [6, 6.07) is 5.96. The first-order chi connectivity index (χ1) is 10.6. The minimum absolute atomic E-state index is 0.00936. The predicted octanol–water partition coefficient (Wildman–Crippen LogP) is 1.34. The highest BCUT2D eigenvalue weighted by atomic mass is 16.1. The highest BCUT2D eigenvalue weighted by Crippen LogP contribution is 2.40. The lowest BCUT2D eigenvalue weighted by molar-refractivity contribution is -0.122. The summed E-state index contributed by atoms with van der Waals surface area (Å²) >= 11 is 0. The molecule has 3 rings (SSSR count). The molecule has 22 heavy (non-hydrogen) atoms. The average molecular weight is 300 g/mol. The van der Waals surface area contributed by atoms with E-state index in [0.29, 0.717) is 24.7 Å². The summed E-state index contributed by atoms with van der Waals surface area (Å²) in [5.41, 5.74) is 1.93. The summed E-state index contributed by atoms with van der Waals surface area (Å²) in [5, 5.41) is 14.4. The maximum absolute atomic E-state index is 12.2. The van der Waals surface area contributed by atoms with Crippen LogP contribution in [0.5, 0.6) is 0 Å². The maximum Gasteiger partial charge on any atom is 0.222 e. The molecule has 2 heterocycles. The molecular formula is C15H20N6O. The molecule has 1 aliphatic carbocycles. The largest absolute Gasteiger partial charge is 0.347 e. The minimum Gasteiger partial charge on any atom is -0.347 e. The van der Waals surface area contributed by atoms with Gasteiger partial charge in [0.05, 0.1) is 18.3 Å². The van der Waals surface area contributed by atoms with Gasteiger partial charge in [-0.3, -0.25) is 9.78 Å². The van der Waals surface area contributed by atoms with Crippen molar-refractivity contribution in [3.63, 3.8) is 0 Å². The second-order valence-corrected chi connectivity index (χ2v) is 5.79. The van der Waals surface area contributed by atoms with E-state index < -0.39 is 0 Å². The summed E-state index contributed by atoms with van der Waals surface area (Å²) in [6.07, 6.45) is 2.65. The first-order valence-corrected chi connectivity index (χ1v) is 7.59. The fraction of sp³-hybridized carbons (Fsp3) is 0.533. The zero-order valence-electron chi connectivity index (χ0n) is 12.9. The van der Waals surface area contributed by atoms with Gasteiger partial charge in [-0.1, -0.05) is 6.07 Å². The fourth-order valence-corrected chi connectivity index (χ4v) is 2.51. The lowest BCUT2D eigenvalue weighted by atomic mass is 10.1. The van der Waals surface area contributed by atoms with Crippen LogP contribution in [0, 0.1) is 19.8 Å². The molecule has 1 atom stereocenters. The monoisotopic (exact) mass is 300 g/mol. The summed E-state index contributed by atoms with van der Waals surface area (Å²) in [6.45, 7) is 4.28. The first-order valence-electron chi connectivity index (χ1n) is 7.59. The minimum atomic E-state index is 0.00936. The molecule has 1 N–H and O–H groups in total. The van der Waals surface area contributed by atoms with Gasteiger partial charge in [0, 0.05) is 12.1 Å². The van der Waals surface area contributed by atoms with E-state index >= 15 is 0 Å². The molecule has 1 aliphatic rings. The molecular weight excluding hydrogens is 280 g/mol. The molecule has 0 saturated heterocycles. The number of hydrogen-bond acceptors (Lipinski definition) is 5. The van der Waals surface area contributed by atoms with Crippen molar-refractivity contribution >= 4 is 5.91 Å². The van der Waals surface area contributed by atoms with Crippen LogP contribution in [0.3, 0.4) is 0 Å². The normalized spacial score (nSPS) is 15.5. The van der Waals surface area contributed by atoms with E-state index in [-0.39, 0.29) is 11.9 Å². The maximum atomic E-state index is 12.2. The number of aromatic nitrogens is 5. The van der Waals surface area contributed by atoms with Crippen molar-refractivity contribution in [3.8, 4) is 0 Å². The second kappa shape index (κ2) is 6.21. The van der Waals surface area contributed by atoms with E-state index in [9.17, 15) is 4.79 Å².